The molecule has 7 nitrogen and oxygen atoms in total. The van der Waals surface area contributed by atoms with Gasteiger partial charge in [0.05, 0.1) is 5.56 Å². The van der Waals surface area contributed by atoms with Crippen molar-refractivity contribution in [3.8, 4) is 28.2 Å². The van der Waals surface area contributed by atoms with Crippen molar-refractivity contribution in [2.75, 3.05) is 0 Å². The number of benzene rings is 3. The Morgan fingerprint density at radius 2 is 1.53 bits per heavy atom. The van der Waals surface area contributed by atoms with Crippen LogP contribution in [0.1, 0.15) is 20.7 Å². The van der Waals surface area contributed by atoms with Crippen LogP contribution in [0.2, 0.25) is 10.0 Å². The van der Waals surface area contributed by atoms with Crippen molar-refractivity contribution in [3.05, 3.63) is 73.9 Å². The van der Waals surface area contributed by atoms with E-state index in [2.05, 4.69) is 0 Å². The van der Waals surface area contributed by atoms with Crippen LogP contribution in [-0.2, 0) is 0 Å². The summed E-state index contributed by atoms with van der Waals surface area (Å²) in [5.41, 5.74) is -0.503. The number of hydrogen-bond acceptors (Lipinski definition) is 5. The minimum atomic E-state index is -1.44. The number of aromatic hydroxyl groups is 1. The first kappa shape index (κ1) is 19.8. The Balaban J connectivity index is 2.33. The van der Waals surface area contributed by atoms with E-state index >= 15 is 0 Å². The van der Waals surface area contributed by atoms with Crippen LogP contribution >= 0.6 is 23.2 Å². The maximum absolute atomic E-state index is 12.0. The molecule has 2 aromatic carbocycles. The van der Waals surface area contributed by atoms with Gasteiger partial charge in [0, 0.05) is 16.5 Å². The van der Waals surface area contributed by atoms with E-state index in [1.54, 1.807) is 6.07 Å². The van der Waals surface area contributed by atoms with E-state index in [-0.39, 0.29) is 44.0 Å². The number of carboxylic acids is 2. The number of phenols is 1. The van der Waals surface area contributed by atoms with Gasteiger partial charge < -0.3 is 19.7 Å². The van der Waals surface area contributed by atoms with Gasteiger partial charge in [0.2, 0.25) is 5.43 Å². The molecule has 0 aromatic heterocycles. The minimum absolute atomic E-state index is 0.0729. The summed E-state index contributed by atoms with van der Waals surface area (Å²) < 4.78 is 5.70. The lowest BCUT2D eigenvalue weighted by molar-refractivity contribution is 0.0684. The van der Waals surface area contributed by atoms with Gasteiger partial charge in [-0.05, 0) is 29.8 Å². The number of carboxylic acid groups (broad SMARTS) is 2. The summed E-state index contributed by atoms with van der Waals surface area (Å²) in [5.74, 6) is -3.47. The third-order valence-corrected chi connectivity index (χ3v) is 5.37. The number of carbonyl (C=O) groups is 2. The molecule has 3 N–H and O–H groups in total. The molecule has 0 saturated heterocycles. The molecule has 2 aromatic rings. The molecule has 2 aliphatic rings. The fraction of sp³-hybridized carbons (Fsp3) is 0. The van der Waals surface area contributed by atoms with Gasteiger partial charge in [-0.2, -0.15) is 0 Å². The van der Waals surface area contributed by atoms with Crippen LogP contribution in [0.4, 0.5) is 0 Å². The number of aromatic carboxylic acids is 2. The second-order valence-electron chi connectivity index (χ2n) is 6.35. The van der Waals surface area contributed by atoms with Gasteiger partial charge in [-0.1, -0.05) is 41.4 Å². The van der Waals surface area contributed by atoms with Gasteiger partial charge in [-0.3, -0.25) is 4.79 Å². The van der Waals surface area contributed by atoms with E-state index in [0.717, 1.165) is 6.07 Å². The van der Waals surface area contributed by atoms with Gasteiger partial charge in [0.25, 0.3) is 0 Å². The van der Waals surface area contributed by atoms with Crippen molar-refractivity contribution in [1.82, 2.24) is 0 Å². The van der Waals surface area contributed by atoms with E-state index in [9.17, 15) is 29.7 Å². The first-order chi connectivity index (χ1) is 14.2. The van der Waals surface area contributed by atoms with Crippen LogP contribution in [0.15, 0.2) is 51.7 Å². The van der Waals surface area contributed by atoms with Crippen LogP contribution in [0.5, 0.6) is 5.75 Å². The lowest BCUT2D eigenvalue weighted by atomic mass is 9.90. The topological polar surface area (TPSA) is 125 Å². The van der Waals surface area contributed by atoms with Crippen LogP contribution in [0.25, 0.3) is 33.4 Å². The second kappa shape index (κ2) is 7.05. The maximum atomic E-state index is 12.0. The molecule has 1 aliphatic carbocycles. The van der Waals surface area contributed by atoms with Crippen molar-refractivity contribution in [2.24, 2.45) is 0 Å². The predicted octanol–water partition coefficient (Wildman–Crippen LogP) is 4.97. The molecule has 0 spiro atoms. The smallest absolute Gasteiger partial charge is 0.339 e. The molecule has 9 heteroatoms. The molecule has 0 bridgehead atoms. The fourth-order valence-electron chi connectivity index (χ4n) is 3.33. The zero-order valence-electron chi connectivity index (χ0n) is 14.8. The molecule has 30 heavy (non-hydrogen) atoms. The van der Waals surface area contributed by atoms with E-state index in [1.807, 2.05) is 0 Å². The zero-order valence-corrected chi connectivity index (χ0v) is 16.3. The Morgan fingerprint density at radius 3 is 2.20 bits per heavy atom. The monoisotopic (exact) mass is 444 g/mol. The first-order valence-electron chi connectivity index (χ1n) is 8.38. The highest BCUT2D eigenvalue weighted by molar-refractivity contribution is 6.38. The highest BCUT2D eigenvalue weighted by atomic mass is 35.5. The molecule has 0 atom stereocenters. The van der Waals surface area contributed by atoms with Gasteiger partial charge in [0.15, 0.2) is 17.1 Å². The second-order valence-corrected chi connectivity index (χ2v) is 7.11. The van der Waals surface area contributed by atoms with Gasteiger partial charge in [0.1, 0.15) is 15.6 Å². The summed E-state index contributed by atoms with van der Waals surface area (Å²) in [4.78, 5) is 35.5. The van der Waals surface area contributed by atoms with Gasteiger partial charge in [-0.15, -0.1) is 0 Å². The quantitative estimate of drug-likeness (QED) is 0.380. The summed E-state index contributed by atoms with van der Waals surface area (Å²) in [7, 11) is 0. The van der Waals surface area contributed by atoms with Crippen molar-refractivity contribution in [2.45, 2.75) is 0 Å². The molecule has 1 heterocycles. The molecule has 150 valence electrons. The molecule has 1 aliphatic heterocycles. The molecule has 0 saturated carbocycles. The number of hydrogen-bond donors (Lipinski definition) is 3. The average molecular weight is 445 g/mol. The fourth-order valence-corrected chi connectivity index (χ4v) is 3.78. The number of rotatable bonds is 3. The Bertz CT molecular complexity index is 1400. The standard InChI is InChI=1S/C21H10Cl2O7/c22-15-13(24)6-5-10-14(8-3-1-2-4-9(8)20(26)27)11-7-12(21(28)29)17(25)16(23)19(11)30-18(10)15/h1-7,25H,(H,26,27)(H,28,29). The summed E-state index contributed by atoms with van der Waals surface area (Å²) in [6.07, 6.45) is 0. The Morgan fingerprint density at radius 1 is 0.867 bits per heavy atom. The molecular weight excluding hydrogens is 435 g/mol. The number of fused-ring (bicyclic) bond motifs is 2. The van der Waals surface area contributed by atoms with Crippen molar-refractivity contribution >= 4 is 46.1 Å². The molecule has 0 radical (unpaired) electrons. The summed E-state index contributed by atoms with van der Waals surface area (Å²) in [6.45, 7) is 0. The van der Waals surface area contributed by atoms with Crippen molar-refractivity contribution < 1.29 is 29.3 Å². The largest absolute Gasteiger partial charge is 0.505 e. The van der Waals surface area contributed by atoms with Gasteiger partial charge in [-0.25, -0.2) is 9.59 Å². The predicted molar refractivity (Wildman–Crippen MR) is 110 cm³/mol. The van der Waals surface area contributed by atoms with Crippen LogP contribution in [-0.4, -0.2) is 27.3 Å². The maximum Gasteiger partial charge on any atom is 0.339 e. The normalized spacial score (nSPS) is 11.1. The Kier molecular flexibility index (Phi) is 4.64. The average Bonchev–Trinajstić information content (AvgIpc) is 2.72. The van der Waals surface area contributed by atoms with Crippen LogP contribution in [0, 0.1) is 0 Å². The van der Waals surface area contributed by atoms with E-state index in [0.29, 0.717) is 0 Å². The van der Waals surface area contributed by atoms with Gasteiger partial charge >= 0.3 is 11.9 Å². The highest BCUT2D eigenvalue weighted by Crippen LogP contribution is 2.47. The summed E-state index contributed by atoms with van der Waals surface area (Å²) in [5, 5.41) is 28.8. The number of halogens is 2. The SMILES string of the molecule is O=C(O)c1ccccc1-c1c2ccc(=O)c(Cl)c-2oc2c(Cl)c(O)c(C(=O)O)cc12. The lowest BCUT2D eigenvalue weighted by Crippen LogP contribution is -2.06. The van der Waals surface area contributed by atoms with E-state index < -0.39 is 33.7 Å². The summed E-state index contributed by atoms with van der Waals surface area (Å²) in [6, 6.07) is 9.78. The molecule has 4 rings (SSSR count). The highest BCUT2D eigenvalue weighted by Gasteiger charge is 2.27. The lowest BCUT2D eigenvalue weighted by Gasteiger charge is -2.18. The minimum Gasteiger partial charge on any atom is -0.505 e. The molecule has 0 fully saturated rings. The Hall–Kier alpha value is -3.55. The van der Waals surface area contributed by atoms with Crippen LogP contribution < -0.4 is 5.43 Å². The molecule has 0 unspecified atom stereocenters. The molecule has 0 amide bonds. The summed E-state index contributed by atoms with van der Waals surface area (Å²) >= 11 is 12.3. The van der Waals surface area contributed by atoms with Crippen molar-refractivity contribution in [1.29, 1.82) is 0 Å². The zero-order chi connectivity index (χ0) is 21.7. The van der Waals surface area contributed by atoms with Crippen molar-refractivity contribution in [3.63, 3.8) is 0 Å². The third kappa shape index (κ3) is 2.87. The Labute approximate surface area is 177 Å². The molecular formula is C21H10Cl2O7. The first-order valence-corrected chi connectivity index (χ1v) is 9.14. The van der Waals surface area contributed by atoms with E-state index in [4.69, 9.17) is 27.6 Å². The van der Waals surface area contributed by atoms with Crippen LogP contribution in [0.3, 0.4) is 0 Å². The van der Waals surface area contributed by atoms with E-state index in [1.165, 1.54) is 30.3 Å². The third-order valence-electron chi connectivity index (χ3n) is 4.66.